The molecule has 1 heterocycles. The van der Waals surface area contributed by atoms with Crippen LogP contribution in [0.1, 0.15) is 12.5 Å². The Morgan fingerprint density at radius 1 is 1.59 bits per heavy atom. The predicted octanol–water partition coefficient (Wildman–Crippen LogP) is 2.17. The number of aromatic nitrogens is 1. The maximum Gasteiger partial charge on any atom is 0.323 e. The third kappa shape index (κ3) is 2.28. The van der Waals surface area contributed by atoms with Crippen LogP contribution in [0.2, 0.25) is 5.02 Å². The SMILES string of the molecule is CC(N)(Cc1c[nH]c2cc(Cl)ccc12)C(=O)O. The molecule has 4 nitrogen and oxygen atoms in total. The van der Waals surface area contributed by atoms with Gasteiger partial charge in [-0.05, 0) is 24.6 Å². The molecular weight excluding hydrogens is 240 g/mol. The van der Waals surface area contributed by atoms with E-state index in [1.54, 1.807) is 18.3 Å². The van der Waals surface area contributed by atoms with Crippen molar-refractivity contribution in [2.75, 3.05) is 0 Å². The molecule has 1 atom stereocenters. The molecular formula is C12H13ClN2O2. The molecule has 0 radical (unpaired) electrons. The van der Waals surface area contributed by atoms with Gasteiger partial charge in [0.15, 0.2) is 0 Å². The zero-order valence-corrected chi connectivity index (χ0v) is 10.1. The summed E-state index contributed by atoms with van der Waals surface area (Å²) in [6.07, 6.45) is 2.04. The standard InChI is InChI=1S/C12H13ClN2O2/c1-12(14,11(16)17)5-7-6-15-10-4-8(13)2-3-9(7)10/h2-4,6,15H,5,14H2,1H3,(H,16,17). The molecule has 1 unspecified atom stereocenters. The van der Waals surface area contributed by atoms with E-state index in [9.17, 15) is 4.79 Å². The molecule has 0 aliphatic rings. The Kier molecular flexibility index (Phi) is 2.85. The number of fused-ring (bicyclic) bond motifs is 1. The van der Waals surface area contributed by atoms with Gasteiger partial charge in [-0.15, -0.1) is 0 Å². The summed E-state index contributed by atoms with van der Waals surface area (Å²) in [4.78, 5) is 14.0. The number of benzene rings is 1. The van der Waals surface area contributed by atoms with Crippen molar-refractivity contribution in [3.8, 4) is 0 Å². The Balaban J connectivity index is 2.41. The number of halogens is 1. The molecule has 2 aromatic rings. The lowest BCUT2D eigenvalue weighted by Gasteiger charge is -2.18. The largest absolute Gasteiger partial charge is 0.480 e. The van der Waals surface area contributed by atoms with Crippen LogP contribution in [0.3, 0.4) is 0 Å². The number of carboxylic acid groups (broad SMARTS) is 1. The van der Waals surface area contributed by atoms with Crippen molar-refractivity contribution >= 4 is 28.5 Å². The van der Waals surface area contributed by atoms with Crippen molar-refractivity contribution in [3.63, 3.8) is 0 Å². The quantitative estimate of drug-likeness (QED) is 0.783. The Morgan fingerprint density at radius 3 is 2.94 bits per heavy atom. The molecule has 90 valence electrons. The van der Waals surface area contributed by atoms with Crippen molar-refractivity contribution in [1.29, 1.82) is 0 Å². The lowest BCUT2D eigenvalue weighted by Crippen LogP contribution is -2.46. The van der Waals surface area contributed by atoms with Gasteiger partial charge in [-0.2, -0.15) is 0 Å². The van der Waals surface area contributed by atoms with Gasteiger partial charge in [0.2, 0.25) is 0 Å². The second-order valence-electron chi connectivity index (χ2n) is 4.40. The van der Waals surface area contributed by atoms with Crippen LogP contribution in [0.5, 0.6) is 0 Å². The van der Waals surface area contributed by atoms with Crippen molar-refractivity contribution in [2.45, 2.75) is 18.9 Å². The smallest absolute Gasteiger partial charge is 0.323 e. The molecule has 2 rings (SSSR count). The first-order chi connectivity index (χ1) is 7.90. The molecule has 0 bridgehead atoms. The second kappa shape index (κ2) is 4.05. The highest BCUT2D eigenvalue weighted by molar-refractivity contribution is 6.31. The Bertz CT molecular complexity index is 575. The maximum atomic E-state index is 11.0. The van der Waals surface area contributed by atoms with Crippen LogP contribution in [-0.2, 0) is 11.2 Å². The normalized spacial score (nSPS) is 14.8. The summed E-state index contributed by atoms with van der Waals surface area (Å²) >= 11 is 5.87. The van der Waals surface area contributed by atoms with Gasteiger partial charge in [0.1, 0.15) is 5.54 Å². The number of carboxylic acids is 1. The summed E-state index contributed by atoms with van der Waals surface area (Å²) in [6, 6.07) is 5.44. The second-order valence-corrected chi connectivity index (χ2v) is 4.84. The van der Waals surface area contributed by atoms with Crippen LogP contribution in [0.4, 0.5) is 0 Å². The van der Waals surface area contributed by atoms with Gasteiger partial charge in [-0.25, -0.2) is 0 Å². The fraction of sp³-hybridized carbons (Fsp3) is 0.250. The van der Waals surface area contributed by atoms with Crippen LogP contribution in [-0.4, -0.2) is 21.6 Å². The van der Waals surface area contributed by atoms with Crippen LogP contribution in [0, 0.1) is 0 Å². The molecule has 17 heavy (non-hydrogen) atoms. The molecule has 0 saturated carbocycles. The number of carbonyl (C=O) groups is 1. The number of nitrogens with one attached hydrogen (secondary N) is 1. The first-order valence-corrected chi connectivity index (χ1v) is 5.56. The average Bonchev–Trinajstić information content (AvgIpc) is 2.60. The van der Waals surface area contributed by atoms with Crippen LogP contribution in [0.25, 0.3) is 10.9 Å². The molecule has 4 N–H and O–H groups in total. The van der Waals surface area contributed by atoms with Crippen molar-refractivity contribution < 1.29 is 9.90 Å². The van der Waals surface area contributed by atoms with E-state index < -0.39 is 11.5 Å². The number of H-pyrrole nitrogens is 1. The molecule has 0 aliphatic heterocycles. The van der Waals surface area contributed by atoms with E-state index in [0.29, 0.717) is 5.02 Å². The number of rotatable bonds is 3. The van der Waals surface area contributed by atoms with E-state index >= 15 is 0 Å². The minimum absolute atomic E-state index is 0.268. The highest BCUT2D eigenvalue weighted by Crippen LogP contribution is 2.24. The fourth-order valence-corrected chi connectivity index (χ4v) is 1.95. The lowest BCUT2D eigenvalue weighted by molar-refractivity contribution is -0.142. The third-order valence-corrected chi connectivity index (χ3v) is 3.01. The topological polar surface area (TPSA) is 79.1 Å². The number of hydrogen-bond acceptors (Lipinski definition) is 2. The lowest BCUT2D eigenvalue weighted by atomic mass is 9.94. The van der Waals surface area contributed by atoms with E-state index in [-0.39, 0.29) is 6.42 Å². The van der Waals surface area contributed by atoms with E-state index in [1.165, 1.54) is 6.92 Å². The summed E-state index contributed by atoms with van der Waals surface area (Å²) < 4.78 is 0. The third-order valence-electron chi connectivity index (χ3n) is 2.78. The average molecular weight is 253 g/mol. The first kappa shape index (κ1) is 12.0. The van der Waals surface area contributed by atoms with Gasteiger partial charge in [-0.3, -0.25) is 4.79 Å². The van der Waals surface area contributed by atoms with E-state index in [0.717, 1.165) is 16.5 Å². The van der Waals surface area contributed by atoms with Crippen LogP contribution < -0.4 is 5.73 Å². The Labute approximate surface area is 103 Å². The van der Waals surface area contributed by atoms with Gasteiger partial charge in [0.05, 0.1) is 0 Å². The van der Waals surface area contributed by atoms with Crippen LogP contribution in [0.15, 0.2) is 24.4 Å². The van der Waals surface area contributed by atoms with Gasteiger partial charge in [0.25, 0.3) is 0 Å². The van der Waals surface area contributed by atoms with E-state index in [4.69, 9.17) is 22.4 Å². The van der Waals surface area contributed by atoms with Gasteiger partial charge in [0, 0.05) is 28.5 Å². The molecule has 1 aromatic carbocycles. The van der Waals surface area contributed by atoms with Crippen molar-refractivity contribution in [2.24, 2.45) is 5.73 Å². The first-order valence-electron chi connectivity index (χ1n) is 5.18. The number of aromatic amines is 1. The van der Waals surface area contributed by atoms with Gasteiger partial charge < -0.3 is 15.8 Å². The van der Waals surface area contributed by atoms with Crippen LogP contribution >= 0.6 is 11.6 Å². The molecule has 0 aliphatic carbocycles. The fourth-order valence-electron chi connectivity index (χ4n) is 1.78. The number of aliphatic carboxylic acids is 1. The summed E-state index contributed by atoms with van der Waals surface area (Å²) in [5.41, 5.74) is 6.22. The summed E-state index contributed by atoms with van der Waals surface area (Å²) in [6.45, 7) is 1.50. The Morgan fingerprint density at radius 2 is 2.29 bits per heavy atom. The molecule has 0 spiro atoms. The van der Waals surface area contributed by atoms with Gasteiger partial charge >= 0.3 is 5.97 Å². The maximum absolute atomic E-state index is 11.0. The summed E-state index contributed by atoms with van der Waals surface area (Å²) in [7, 11) is 0. The zero-order valence-electron chi connectivity index (χ0n) is 9.33. The molecule has 0 fully saturated rings. The summed E-state index contributed by atoms with van der Waals surface area (Å²) in [5, 5.41) is 10.6. The van der Waals surface area contributed by atoms with E-state index in [1.807, 2.05) is 6.07 Å². The molecule has 1 aromatic heterocycles. The van der Waals surface area contributed by atoms with Crippen molar-refractivity contribution in [3.05, 3.63) is 35.0 Å². The highest BCUT2D eigenvalue weighted by Gasteiger charge is 2.29. The Hall–Kier alpha value is -1.52. The van der Waals surface area contributed by atoms with Crippen molar-refractivity contribution in [1.82, 2.24) is 4.98 Å². The minimum Gasteiger partial charge on any atom is -0.480 e. The number of hydrogen-bond donors (Lipinski definition) is 3. The monoisotopic (exact) mass is 252 g/mol. The predicted molar refractivity (Wildman–Crippen MR) is 67.2 cm³/mol. The molecule has 0 saturated heterocycles. The van der Waals surface area contributed by atoms with Gasteiger partial charge in [-0.1, -0.05) is 17.7 Å². The zero-order chi connectivity index (χ0) is 12.6. The minimum atomic E-state index is -1.27. The van der Waals surface area contributed by atoms with E-state index in [2.05, 4.69) is 4.98 Å². The number of nitrogens with two attached hydrogens (primary N) is 1. The molecule has 5 heteroatoms. The summed E-state index contributed by atoms with van der Waals surface area (Å²) in [5.74, 6) is -1.01. The molecule has 0 amide bonds. The highest BCUT2D eigenvalue weighted by atomic mass is 35.5.